The summed E-state index contributed by atoms with van der Waals surface area (Å²) in [6.45, 7) is 4.66. The standard InChI is InChI=1S/C27H29Cl2NO5/c1-27(2)13-8-9-17(27)15(10-13)20-11-19(31)21-16(24(32)23(29)25(35-20)22(21)28)12-30-18-7-5-4-6-14(18)26(33)34-3/h4-7,13,15,17,20,30,32H,8-12H2,1-3H3. The number of carbonyl (C=O) groups excluding carboxylic acids is 2. The number of rotatable bonds is 5. The molecule has 1 aliphatic heterocycles. The van der Waals surface area contributed by atoms with Crippen molar-refractivity contribution in [2.45, 2.75) is 52.2 Å². The van der Waals surface area contributed by atoms with Crippen LogP contribution < -0.4 is 10.1 Å². The number of phenolic OH excluding ortho intramolecular Hbond substituents is 1. The molecule has 0 saturated heterocycles. The molecule has 35 heavy (non-hydrogen) atoms. The van der Waals surface area contributed by atoms with Gasteiger partial charge in [-0.05, 0) is 54.6 Å². The molecule has 8 heteroatoms. The fourth-order valence-corrected chi connectivity index (χ4v) is 7.27. The van der Waals surface area contributed by atoms with Gasteiger partial charge in [0.05, 0.1) is 17.7 Å². The lowest BCUT2D eigenvalue weighted by Crippen LogP contribution is -2.34. The van der Waals surface area contributed by atoms with Crippen LogP contribution in [0.3, 0.4) is 0 Å². The van der Waals surface area contributed by atoms with Crippen molar-refractivity contribution in [3.63, 3.8) is 0 Å². The Labute approximate surface area is 214 Å². The van der Waals surface area contributed by atoms with E-state index in [1.54, 1.807) is 24.3 Å². The van der Waals surface area contributed by atoms with E-state index in [4.69, 9.17) is 32.7 Å². The number of nitrogens with one attached hydrogen (secondary N) is 1. The summed E-state index contributed by atoms with van der Waals surface area (Å²) in [5.74, 6) is 0.597. The van der Waals surface area contributed by atoms with E-state index < -0.39 is 5.97 Å². The Bertz CT molecular complexity index is 1210. The summed E-state index contributed by atoms with van der Waals surface area (Å²) in [6.07, 6.45) is 3.21. The van der Waals surface area contributed by atoms with Gasteiger partial charge in [0.2, 0.25) is 0 Å². The molecule has 186 valence electrons. The van der Waals surface area contributed by atoms with E-state index >= 15 is 0 Å². The van der Waals surface area contributed by atoms with Crippen LogP contribution in [0.1, 0.15) is 65.8 Å². The lowest BCUT2D eigenvalue weighted by atomic mass is 9.77. The molecule has 0 spiro atoms. The molecule has 2 fully saturated rings. The Morgan fingerprint density at radius 1 is 1.23 bits per heavy atom. The van der Waals surface area contributed by atoms with Gasteiger partial charge in [-0.15, -0.1) is 0 Å². The van der Waals surface area contributed by atoms with E-state index in [0.29, 0.717) is 23.1 Å². The molecule has 0 aromatic heterocycles. The molecule has 2 aromatic carbocycles. The van der Waals surface area contributed by atoms with E-state index in [1.165, 1.54) is 13.5 Å². The number of fused-ring (bicyclic) bond motifs is 4. The topological polar surface area (TPSA) is 84.9 Å². The lowest BCUT2D eigenvalue weighted by molar-refractivity contribution is 0.0601. The number of ether oxygens (including phenoxy) is 2. The summed E-state index contributed by atoms with van der Waals surface area (Å²) in [5, 5.41) is 14.2. The van der Waals surface area contributed by atoms with Crippen molar-refractivity contribution >= 4 is 40.6 Å². The summed E-state index contributed by atoms with van der Waals surface area (Å²) in [4.78, 5) is 25.7. The van der Waals surface area contributed by atoms with E-state index in [1.807, 2.05) is 0 Å². The third kappa shape index (κ3) is 3.86. The van der Waals surface area contributed by atoms with E-state index in [-0.39, 0.29) is 68.9 Å². The minimum absolute atomic E-state index is 0.00100. The smallest absolute Gasteiger partial charge is 0.339 e. The Hall–Kier alpha value is -2.44. The Kier molecular flexibility index (Phi) is 6.17. The first kappa shape index (κ1) is 24.3. The summed E-state index contributed by atoms with van der Waals surface area (Å²) < 4.78 is 11.2. The number of esters is 1. The second-order valence-electron chi connectivity index (χ2n) is 10.4. The highest BCUT2D eigenvalue weighted by Crippen LogP contribution is 2.62. The van der Waals surface area contributed by atoms with Crippen LogP contribution in [-0.2, 0) is 11.3 Å². The van der Waals surface area contributed by atoms with Crippen LogP contribution in [0.15, 0.2) is 24.3 Å². The number of benzene rings is 2. The first-order valence-electron chi connectivity index (χ1n) is 12.0. The number of methoxy groups -OCH3 is 1. The number of halogens is 2. The quantitative estimate of drug-likeness (QED) is 0.440. The van der Waals surface area contributed by atoms with Crippen LogP contribution >= 0.6 is 23.2 Å². The third-order valence-electron chi connectivity index (χ3n) is 8.52. The van der Waals surface area contributed by atoms with Crippen LogP contribution in [0, 0.1) is 23.2 Å². The average Bonchev–Trinajstić information content (AvgIpc) is 3.23. The molecule has 4 unspecified atom stereocenters. The fraction of sp³-hybridized carbons (Fsp3) is 0.481. The summed E-state index contributed by atoms with van der Waals surface area (Å²) in [5.41, 5.74) is 1.56. The highest BCUT2D eigenvalue weighted by atomic mass is 35.5. The van der Waals surface area contributed by atoms with Crippen LogP contribution in [0.5, 0.6) is 11.5 Å². The molecule has 4 atom stereocenters. The second-order valence-corrected chi connectivity index (χ2v) is 11.2. The molecule has 5 rings (SSSR count). The molecule has 4 bridgehead atoms. The number of hydrogen-bond donors (Lipinski definition) is 2. The van der Waals surface area contributed by atoms with Gasteiger partial charge >= 0.3 is 5.97 Å². The third-order valence-corrected chi connectivity index (χ3v) is 9.23. The highest BCUT2D eigenvalue weighted by Gasteiger charge is 2.56. The van der Waals surface area contributed by atoms with Gasteiger partial charge in [0.1, 0.15) is 16.9 Å². The largest absolute Gasteiger partial charge is 0.506 e. The maximum absolute atomic E-state index is 13.5. The van der Waals surface area contributed by atoms with Crippen molar-refractivity contribution in [3.8, 4) is 11.5 Å². The number of para-hydroxylation sites is 1. The van der Waals surface area contributed by atoms with Gasteiger partial charge in [-0.3, -0.25) is 4.79 Å². The van der Waals surface area contributed by atoms with Gasteiger partial charge < -0.3 is 19.9 Å². The monoisotopic (exact) mass is 517 g/mol. The fourth-order valence-electron chi connectivity index (χ4n) is 6.61. The van der Waals surface area contributed by atoms with Crippen molar-refractivity contribution in [2.24, 2.45) is 23.2 Å². The zero-order valence-electron chi connectivity index (χ0n) is 20.0. The van der Waals surface area contributed by atoms with Crippen molar-refractivity contribution in [1.29, 1.82) is 0 Å². The zero-order chi connectivity index (χ0) is 25.1. The molecule has 2 aromatic rings. The summed E-state index contributed by atoms with van der Waals surface area (Å²) >= 11 is 13.2. The summed E-state index contributed by atoms with van der Waals surface area (Å²) in [6, 6.07) is 6.85. The minimum Gasteiger partial charge on any atom is -0.506 e. The SMILES string of the molecule is COC(=O)c1ccccc1NCc1c(O)c(Cl)c2c(Cl)c1C(=O)CC(C1CC3CCC1C3(C)C)O2. The first-order valence-corrected chi connectivity index (χ1v) is 12.7. The second kappa shape index (κ2) is 8.90. The first-order chi connectivity index (χ1) is 16.6. The lowest BCUT2D eigenvalue weighted by Gasteiger charge is -2.32. The van der Waals surface area contributed by atoms with Gasteiger partial charge in [0, 0.05) is 29.8 Å². The van der Waals surface area contributed by atoms with Gasteiger partial charge in [0.25, 0.3) is 0 Å². The number of aromatic hydroxyl groups is 1. The molecule has 2 saturated carbocycles. The molecule has 1 heterocycles. The van der Waals surface area contributed by atoms with Crippen LogP contribution in [-0.4, -0.2) is 30.1 Å². The van der Waals surface area contributed by atoms with E-state index in [2.05, 4.69) is 19.2 Å². The number of Topliss-reactive ketones (excluding diaryl/α,β-unsaturated/α-hetero) is 1. The molecular formula is C27H29Cl2NO5. The molecule has 6 nitrogen and oxygen atoms in total. The van der Waals surface area contributed by atoms with Crippen molar-refractivity contribution in [2.75, 3.05) is 12.4 Å². The molecule has 0 radical (unpaired) electrons. The van der Waals surface area contributed by atoms with Crippen molar-refractivity contribution in [1.82, 2.24) is 0 Å². The van der Waals surface area contributed by atoms with Crippen LogP contribution in [0.2, 0.25) is 10.0 Å². The maximum atomic E-state index is 13.5. The van der Waals surface area contributed by atoms with Crippen molar-refractivity contribution < 1.29 is 24.2 Å². The van der Waals surface area contributed by atoms with Crippen LogP contribution in [0.25, 0.3) is 0 Å². The van der Waals surface area contributed by atoms with Gasteiger partial charge in [-0.1, -0.05) is 49.2 Å². The zero-order valence-corrected chi connectivity index (χ0v) is 21.5. The molecule has 3 aliphatic rings. The number of anilines is 1. The number of ketones is 1. The Balaban J connectivity index is 1.46. The molecule has 0 amide bonds. The van der Waals surface area contributed by atoms with Gasteiger partial charge in [-0.25, -0.2) is 4.79 Å². The molecule has 2 aliphatic carbocycles. The van der Waals surface area contributed by atoms with E-state index in [9.17, 15) is 14.7 Å². The average molecular weight is 518 g/mol. The predicted octanol–water partition coefficient (Wildman–Crippen LogP) is 6.50. The Morgan fingerprint density at radius 2 is 1.97 bits per heavy atom. The van der Waals surface area contributed by atoms with Crippen LogP contribution in [0.4, 0.5) is 5.69 Å². The van der Waals surface area contributed by atoms with Crippen molar-refractivity contribution in [3.05, 3.63) is 51.0 Å². The molecular weight excluding hydrogens is 489 g/mol. The number of phenols is 1. The van der Waals surface area contributed by atoms with Gasteiger partial charge in [0.15, 0.2) is 11.5 Å². The molecule has 2 N–H and O–H groups in total. The maximum Gasteiger partial charge on any atom is 0.339 e. The highest BCUT2D eigenvalue weighted by molar-refractivity contribution is 6.40. The normalized spacial score (nSPS) is 26.3. The summed E-state index contributed by atoms with van der Waals surface area (Å²) in [7, 11) is 1.31. The number of carbonyl (C=O) groups is 2. The number of hydrogen-bond acceptors (Lipinski definition) is 6. The van der Waals surface area contributed by atoms with Gasteiger partial charge in [-0.2, -0.15) is 0 Å². The van der Waals surface area contributed by atoms with E-state index in [0.717, 1.165) is 12.8 Å². The Morgan fingerprint density at radius 3 is 2.63 bits per heavy atom. The minimum atomic E-state index is -0.497. The predicted molar refractivity (Wildman–Crippen MR) is 135 cm³/mol.